The second kappa shape index (κ2) is 5.04. The Kier molecular flexibility index (Phi) is 3.54. The van der Waals surface area contributed by atoms with E-state index in [9.17, 15) is 22.8 Å². The molecule has 0 saturated carbocycles. The highest BCUT2D eigenvalue weighted by molar-refractivity contribution is 6.04. The van der Waals surface area contributed by atoms with Crippen LogP contribution in [0.1, 0.15) is 33.5 Å². The molecule has 0 radical (unpaired) electrons. The highest BCUT2D eigenvalue weighted by Crippen LogP contribution is 2.38. The molecular weight excluding hydrogens is 289 g/mol. The first-order valence-electron chi connectivity index (χ1n) is 5.72. The zero-order chi connectivity index (χ0) is 15.8. The molecule has 110 valence electrons. The van der Waals surface area contributed by atoms with Gasteiger partial charge in [-0.05, 0) is 6.07 Å². The van der Waals surface area contributed by atoms with Crippen LogP contribution in [0.15, 0.2) is 24.3 Å². The Labute approximate surface area is 116 Å². The van der Waals surface area contributed by atoms with Gasteiger partial charge in [0, 0.05) is 18.1 Å². The number of ketones is 1. The monoisotopic (exact) mass is 298 g/mol. The van der Waals surface area contributed by atoms with Gasteiger partial charge in [0.15, 0.2) is 5.78 Å². The number of nitrogens with zero attached hydrogens (tertiary/aromatic N) is 1. The Balaban J connectivity index is 2.82. The standard InChI is InChI=1S/C13H9F3N2O3/c1-6(19)10-9(11(18-17-10)13(14,15)16)7-4-2-3-5-8(7)12(20)21/h2-5H,1H3,(H,17,18)(H,20,21). The van der Waals surface area contributed by atoms with Crippen LogP contribution in [-0.2, 0) is 6.18 Å². The van der Waals surface area contributed by atoms with Crippen molar-refractivity contribution in [2.24, 2.45) is 0 Å². The van der Waals surface area contributed by atoms with Crippen molar-refractivity contribution >= 4 is 11.8 Å². The maximum atomic E-state index is 13.0. The first kappa shape index (κ1) is 14.8. The minimum Gasteiger partial charge on any atom is -0.478 e. The first-order valence-corrected chi connectivity index (χ1v) is 5.72. The number of hydrogen-bond acceptors (Lipinski definition) is 3. The number of carboxylic acids is 1. The summed E-state index contributed by atoms with van der Waals surface area (Å²) in [5.74, 6) is -2.09. The first-order chi connectivity index (χ1) is 9.73. The molecule has 5 nitrogen and oxygen atoms in total. The van der Waals surface area contributed by atoms with Gasteiger partial charge in [0.2, 0.25) is 0 Å². The summed E-state index contributed by atoms with van der Waals surface area (Å²) in [6, 6.07) is 5.14. The van der Waals surface area contributed by atoms with Gasteiger partial charge >= 0.3 is 12.1 Å². The predicted octanol–water partition coefficient (Wildman–Crippen LogP) is 3.00. The van der Waals surface area contributed by atoms with Crippen LogP contribution in [0.2, 0.25) is 0 Å². The van der Waals surface area contributed by atoms with Gasteiger partial charge in [0.25, 0.3) is 0 Å². The molecule has 1 aromatic heterocycles. The smallest absolute Gasteiger partial charge is 0.433 e. The van der Waals surface area contributed by atoms with Crippen molar-refractivity contribution in [1.82, 2.24) is 10.2 Å². The van der Waals surface area contributed by atoms with Crippen molar-refractivity contribution in [2.45, 2.75) is 13.1 Å². The van der Waals surface area contributed by atoms with Crippen LogP contribution in [0.3, 0.4) is 0 Å². The zero-order valence-electron chi connectivity index (χ0n) is 10.7. The fraction of sp³-hybridized carbons (Fsp3) is 0.154. The molecule has 1 aromatic carbocycles. The number of alkyl halides is 3. The number of rotatable bonds is 3. The molecule has 0 unspecified atom stereocenters. The zero-order valence-corrected chi connectivity index (χ0v) is 10.7. The molecule has 0 aliphatic rings. The number of Topliss-reactive ketones (excluding diaryl/α,β-unsaturated/α-hetero) is 1. The fourth-order valence-electron chi connectivity index (χ4n) is 1.95. The molecule has 2 aromatic rings. The largest absolute Gasteiger partial charge is 0.478 e. The number of hydrogen-bond donors (Lipinski definition) is 2. The minimum atomic E-state index is -4.79. The number of H-pyrrole nitrogens is 1. The van der Waals surface area contributed by atoms with E-state index < -0.39 is 34.9 Å². The van der Waals surface area contributed by atoms with Crippen molar-refractivity contribution in [3.63, 3.8) is 0 Å². The number of nitrogens with one attached hydrogen (secondary N) is 1. The Morgan fingerprint density at radius 1 is 1.24 bits per heavy atom. The molecule has 0 saturated heterocycles. The number of aromatic nitrogens is 2. The maximum absolute atomic E-state index is 13.0. The third-order valence-electron chi connectivity index (χ3n) is 2.81. The summed E-state index contributed by atoms with van der Waals surface area (Å²) in [6.45, 7) is 1.06. The molecule has 2 N–H and O–H groups in total. The van der Waals surface area contributed by atoms with Gasteiger partial charge in [-0.15, -0.1) is 0 Å². The molecule has 0 atom stereocenters. The predicted molar refractivity (Wildman–Crippen MR) is 66.0 cm³/mol. The lowest BCUT2D eigenvalue weighted by atomic mass is 9.96. The summed E-state index contributed by atoms with van der Waals surface area (Å²) in [4.78, 5) is 22.6. The quantitative estimate of drug-likeness (QED) is 0.853. The number of halogens is 3. The van der Waals surface area contributed by atoms with E-state index in [0.29, 0.717) is 0 Å². The lowest BCUT2D eigenvalue weighted by molar-refractivity contribution is -0.140. The van der Waals surface area contributed by atoms with Crippen molar-refractivity contribution in [1.29, 1.82) is 0 Å². The molecule has 0 aliphatic carbocycles. The minimum absolute atomic E-state index is 0.212. The van der Waals surface area contributed by atoms with Crippen molar-refractivity contribution in [3.05, 3.63) is 41.2 Å². The summed E-state index contributed by atoms with van der Waals surface area (Å²) in [5, 5.41) is 14.2. The molecule has 21 heavy (non-hydrogen) atoms. The van der Waals surface area contributed by atoms with Gasteiger partial charge in [-0.25, -0.2) is 4.79 Å². The van der Waals surface area contributed by atoms with E-state index in [4.69, 9.17) is 5.11 Å². The number of carboxylic acid groups (broad SMARTS) is 1. The average molecular weight is 298 g/mol. The van der Waals surface area contributed by atoms with Crippen LogP contribution in [0.5, 0.6) is 0 Å². The summed E-state index contributed by atoms with van der Waals surface area (Å²) >= 11 is 0. The number of benzene rings is 1. The number of carbonyl (C=O) groups is 2. The second-order valence-electron chi connectivity index (χ2n) is 4.23. The molecule has 0 aliphatic heterocycles. The van der Waals surface area contributed by atoms with Crippen LogP contribution in [0.25, 0.3) is 11.1 Å². The molecular formula is C13H9F3N2O3. The second-order valence-corrected chi connectivity index (χ2v) is 4.23. The lowest BCUT2D eigenvalue weighted by Crippen LogP contribution is -2.10. The van der Waals surface area contributed by atoms with Gasteiger partial charge in [-0.2, -0.15) is 18.3 Å². The molecule has 2 rings (SSSR count). The van der Waals surface area contributed by atoms with Gasteiger partial charge in [0.05, 0.1) is 5.56 Å². The van der Waals surface area contributed by atoms with Crippen LogP contribution >= 0.6 is 0 Å². The number of aromatic amines is 1. The van der Waals surface area contributed by atoms with Crippen LogP contribution in [0, 0.1) is 0 Å². The van der Waals surface area contributed by atoms with Gasteiger partial charge in [0.1, 0.15) is 11.4 Å². The van der Waals surface area contributed by atoms with E-state index in [-0.39, 0.29) is 11.1 Å². The lowest BCUT2D eigenvalue weighted by Gasteiger charge is -2.10. The third kappa shape index (κ3) is 2.64. The SMILES string of the molecule is CC(=O)c1n[nH]c(C(F)(F)F)c1-c1ccccc1C(=O)O. The summed E-state index contributed by atoms with van der Waals surface area (Å²) in [7, 11) is 0. The molecule has 1 heterocycles. The van der Waals surface area contributed by atoms with Crippen molar-refractivity contribution < 1.29 is 27.9 Å². The van der Waals surface area contributed by atoms with Gasteiger partial charge < -0.3 is 5.11 Å². The molecule has 0 amide bonds. The average Bonchev–Trinajstić information content (AvgIpc) is 2.83. The Morgan fingerprint density at radius 3 is 2.38 bits per heavy atom. The summed E-state index contributed by atoms with van der Waals surface area (Å²) in [6.07, 6.45) is -4.79. The highest BCUT2D eigenvalue weighted by atomic mass is 19.4. The highest BCUT2D eigenvalue weighted by Gasteiger charge is 2.39. The maximum Gasteiger partial charge on any atom is 0.433 e. The third-order valence-corrected chi connectivity index (χ3v) is 2.81. The molecule has 8 heteroatoms. The van der Waals surface area contributed by atoms with E-state index in [1.54, 1.807) is 5.10 Å². The van der Waals surface area contributed by atoms with E-state index in [1.807, 2.05) is 0 Å². The summed E-state index contributed by atoms with van der Waals surface area (Å²) < 4.78 is 39.0. The van der Waals surface area contributed by atoms with E-state index >= 15 is 0 Å². The normalized spacial score (nSPS) is 11.4. The van der Waals surface area contributed by atoms with Crippen molar-refractivity contribution in [3.8, 4) is 11.1 Å². The van der Waals surface area contributed by atoms with Gasteiger partial charge in [-0.3, -0.25) is 9.89 Å². The van der Waals surface area contributed by atoms with Crippen molar-refractivity contribution in [2.75, 3.05) is 0 Å². The van der Waals surface area contributed by atoms with Crippen LogP contribution in [-0.4, -0.2) is 27.1 Å². The Hall–Kier alpha value is -2.64. The van der Waals surface area contributed by atoms with Gasteiger partial charge in [-0.1, -0.05) is 18.2 Å². The van der Waals surface area contributed by atoms with E-state index in [2.05, 4.69) is 5.10 Å². The number of carbonyl (C=O) groups excluding carboxylic acids is 1. The Morgan fingerprint density at radius 2 is 1.86 bits per heavy atom. The van der Waals surface area contributed by atoms with E-state index in [1.165, 1.54) is 18.2 Å². The molecule has 0 bridgehead atoms. The summed E-state index contributed by atoms with van der Waals surface area (Å²) in [5.41, 5.74) is -2.80. The van der Waals surface area contributed by atoms with Crippen LogP contribution < -0.4 is 0 Å². The number of aromatic carboxylic acids is 1. The van der Waals surface area contributed by atoms with Crippen LogP contribution in [0.4, 0.5) is 13.2 Å². The van der Waals surface area contributed by atoms with E-state index in [0.717, 1.165) is 13.0 Å². The Bertz CT molecular complexity index is 720. The molecule has 0 fully saturated rings. The molecule has 0 spiro atoms. The fourth-order valence-corrected chi connectivity index (χ4v) is 1.95. The topological polar surface area (TPSA) is 83.0 Å².